The van der Waals surface area contributed by atoms with Crippen LogP contribution in [0.5, 0.6) is 0 Å². The first-order valence-electron chi connectivity index (χ1n) is 6.89. The van der Waals surface area contributed by atoms with Crippen molar-refractivity contribution in [3.05, 3.63) is 66.7 Å². The summed E-state index contributed by atoms with van der Waals surface area (Å²) in [6, 6.07) is 24.1. The Labute approximate surface area is 120 Å². The first-order valence-corrected chi connectivity index (χ1v) is 7.89. The Morgan fingerprint density at radius 1 is 0.650 bits per heavy atom. The highest BCUT2D eigenvalue weighted by Gasteiger charge is 2.05. The Balaban J connectivity index is 2.25. The summed E-state index contributed by atoms with van der Waals surface area (Å²) in [5.41, 5.74) is 1.25. The van der Waals surface area contributed by atoms with Crippen molar-refractivity contribution in [2.75, 3.05) is 4.98 Å². The lowest BCUT2D eigenvalue weighted by Gasteiger charge is -2.11. The van der Waals surface area contributed by atoms with Gasteiger partial charge in [-0.05, 0) is 45.1 Å². The molecular weight excluding hydrogens is 258 g/mol. The maximum atomic E-state index is 3.45. The van der Waals surface area contributed by atoms with Crippen molar-refractivity contribution in [3.8, 4) is 0 Å². The molecule has 0 aliphatic heterocycles. The van der Waals surface area contributed by atoms with E-state index >= 15 is 0 Å². The molecule has 2 heteroatoms. The zero-order valence-electron chi connectivity index (χ0n) is 11.4. The van der Waals surface area contributed by atoms with Crippen LogP contribution in [0.15, 0.2) is 66.7 Å². The number of nitrogens with one attached hydrogen (secondary N) is 1. The third-order valence-electron chi connectivity index (χ3n) is 4.00. The van der Waals surface area contributed by atoms with Crippen LogP contribution in [0.4, 0.5) is 5.69 Å². The largest absolute Gasteiger partial charge is 0.418 e. The minimum Gasteiger partial charge on any atom is -0.418 e. The van der Waals surface area contributed by atoms with E-state index in [2.05, 4.69) is 71.7 Å². The van der Waals surface area contributed by atoms with Crippen molar-refractivity contribution in [1.29, 1.82) is 0 Å². The van der Waals surface area contributed by atoms with Gasteiger partial charge in [0.15, 0.2) is 0 Å². The van der Waals surface area contributed by atoms with Gasteiger partial charge in [-0.3, -0.25) is 0 Å². The lowest BCUT2D eigenvalue weighted by atomic mass is 9.97. The Hall–Kier alpha value is -2.32. The van der Waals surface area contributed by atoms with Crippen molar-refractivity contribution >= 4 is 48.4 Å². The monoisotopic (exact) mass is 273 g/mol. The zero-order chi connectivity index (χ0) is 13.5. The summed E-state index contributed by atoms with van der Waals surface area (Å²) in [4.78, 5) is 3.45. The van der Waals surface area contributed by atoms with Gasteiger partial charge < -0.3 is 4.98 Å². The molecule has 0 spiro atoms. The Morgan fingerprint density at radius 3 is 2.15 bits per heavy atom. The number of hydrogen-bond donors (Lipinski definition) is 1. The first-order chi connectivity index (χ1) is 9.86. The molecule has 0 fully saturated rings. The summed E-state index contributed by atoms with van der Waals surface area (Å²) in [5.74, 6) is 0. The fraction of sp³-hybridized carbons (Fsp3) is 0. The number of rotatable bonds is 1. The van der Waals surface area contributed by atoms with E-state index in [-0.39, 0.29) is 0 Å². The third kappa shape index (κ3) is 1.62. The number of fused-ring (bicyclic) bond motifs is 4. The molecule has 0 saturated heterocycles. The van der Waals surface area contributed by atoms with Crippen LogP contribution in [0.1, 0.15) is 0 Å². The number of anilines is 1. The standard InChI is InChI=1S/C18H15NSi/c20-19-17-7-3-6-12-8-9-15-10-13-4-1-2-5-14(13)11-16(15)18(12)17/h1-11,19H,20H3. The van der Waals surface area contributed by atoms with Gasteiger partial charge in [0.25, 0.3) is 0 Å². The maximum Gasteiger partial charge on any atom is 0.104 e. The quantitative estimate of drug-likeness (QED) is 0.316. The zero-order valence-corrected chi connectivity index (χ0v) is 13.4. The Kier molecular flexibility index (Phi) is 2.50. The molecule has 0 amide bonds. The predicted molar refractivity (Wildman–Crippen MR) is 92.5 cm³/mol. The van der Waals surface area contributed by atoms with Gasteiger partial charge >= 0.3 is 0 Å². The van der Waals surface area contributed by atoms with Crippen molar-refractivity contribution in [1.82, 2.24) is 0 Å². The summed E-state index contributed by atoms with van der Waals surface area (Å²) in [6.07, 6.45) is 0. The molecule has 4 aromatic carbocycles. The average molecular weight is 273 g/mol. The van der Waals surface area contributed by atoms with Crippen LogP contribution >= 0.6 is 0 Å². The van der Waals surface area contributed by atoms with E-state index in [1.54, 1.807) is 0 Å². The molecule has 4 aromatic rings. The van der Waals surface area contributed by atoms with Crippen LogP contribution in [0.25, 0.3) is 32.3 Å². The van der Waals surface area contributed by atoms with E-state index in [1.165, 1.54) is 38.0 Å². The summed E-state index contributed by atoms with van der Waals surface area (Å²) < 4.78 is 0. The van der Waals surface area contributed by atoms with Gasteiger partial charge in [0, 0.05) is 11.1 Å². The fourth-order valence-electron chi connectivity index (χ4n) is 3.01. The lowest BCUT2D eigenvalue weighted by Crippen LogP contribution is -1.92. The Morgan fingerprint density at radius 2 is 1.35 bits per heavy atom. The van der Waals surface area contributed by atoms with Gasteiger partial charge in [-0.1, -0.05) is 48.5 Å². The normalized spacial score (nSPS) is 11.4. The van der Waals surface area contributed by atoms with E-state index in [9.17, 15) is 0 Å². The fourth-order valence-corrected chi connectivity index (χ4v) is 3.43. The summed E-state index contributed by atoms with van der Waals surface area (Å²) in [7, 11) is 0.956. The van der Waals surface area contributed by atoms with Crippen molar-refractivity contribution in [3.63, 3.8) is 0 Å². The van der Waals surface area contributed by atoms with Crippen LogP contribution in [-0.4, -0.2) is 10.4 Å². The second-order valence-corrected chi connectivity index (χ2v) is 5.64. The van der Waals surface area contributed by atoms with Crippen LogP contribution in [0.2, 0.25) is 0 Å². The van der Waals surface area contributed by atoms with E-state index < -0.39 is 0 Å². The second-order valence-electron chi connectivity index (χ2n) is 5.14. The molecule has 4 rings (SSSR count). The average Bonchev–Trinajstić information content (AvgIpc) is 2.52. The summed E-state index contributed by atoms with van der Waals surface area (Å²) in [5, 5.41) is 7.88. The highest BCUT2D eigenvalue weighted by atomic mass is 28.2. The van der Waals surface area contributed by atoms with E-state index in [0.29, 0.717) is 0 Å². The maximum absolute atomic E-state index is 3.45. The molecule has 96 valence electrons. The molecular formula is C18H15NSi. The van der Waals surface area contributed by atoms with Crippen LogP contribution in [0.3, 0.4) is 0 Å². The summed E-state index contributed by atoms with van der Waals surface area (Å²) in [6.45, 7) is 0. The molecule has 0 bridgehead atoms. The molecule has 0 saturated carbocycles. The predicted octanol–water partition coefficient (Wildman–Crippen LogP) is 3.84. The molecule has 1 nitrogen and oxygen atoms in total. The molecule has 0 unspecified atom stereocenters. The van der Waals surface area contributed by atoms with Crippen molar-refractivity contribution in [2.45, 2.75) is 0 Å². The molecule has 0 radical (unpaired) electrons. The third-order valence-corrected chi connectivity index (χ3v) is 4.53. The highest BCUT2D eigenvalue weighted by molar-refractivity contribution is 6.23. The smallest absolute Gasteiger partial charge is 0.104 e. The molecule has 0 aromatic heterocycles. The molecule has 0 aliphatic carbocycles. The van der Waals surface area contributed by atoms with Crippen molar-refractivity contribution < 1.29 is 0 Å². The Bertz CT molecular complexity index is 944. The second kappa shape index (κ2) is 4.36. The molecule has 0 aliphatic rings. The minimum absolute atomic E-state index is 0.956. The van der Waals surface area contributed by atoms with Crippen LogP contribution < -0.4 is 4.98 Å². The highest BCUT2D eigenvalue weighted by Crippen LogP contribution is 2.33. The van der Waals surface area contributed by atoms with Gasteiger partial charge in [0.1, 0.15) is 10.4 Å². The van der Waals surface area contributed by atoms with E-state index in [0.717, 1.165) is 10.4 Å². The molecule has 1 N–H and O–H groups in total. The van der Waals surface area contributed by atoms with E-state index in [4.69, 9.17) is 0 Å². The van der Waals surface area contributed by atoms with Gasteiger partial charge in [-0.25, -0.2) is 0 Å². The van der Waals surface area contributed by atoms with Crippen LogP contribution in [0, 0.1) is 0 Å². The van der Waals surface area contributed by atoms with Gasteiger partial charge in [0.2, 0.25) is 0 Å². The lowest BCUT2D eigenvalue weighted by molar-refractivity contribution is 1.74. The van der Waals surface area contributed by atoms with Crippen molar-refractivity contribution in [2.24, 2.45) is 0 Å². The molecule has 0 heterocycles. The van der Waals surface area contributed by atoms with Gasteiger partial charge in [0.05, 0.1) is 0 Å². The van der Waals surface area contributed by atoms with Gasteiger partial charge in [-0.15, -0.1) is 0 Å². The first kappa shape index (κ1) is 11.5. The molecule has 20 heavy (non-hydrogen) atoms. The number of hydrogen-bond acceptors (Lipinski definition) is 1. The molecule has 0 atom stereocenters. The summed E-state index contributed by atoms with van der Waals surface area (Å²) >= 11 is 0. The minimum atomic E-state index is 0.956. The SMILES string of the molecule is [SiH3]Nc1cccc2ccc3cc4ccccc4cc3c12. The topological polar surface area (TPSA) is 12.0 Å². The van der Waals surface area contributed by atoms with E-state index in [1.807, 2.05) is 0 Å². The number of benzene rings is 4. The van der Waals surface area contributed by atoms with Gasteiger partial charge in [-0.2, -0.15) is 0 Å². The van der Waals surface area contributed by atoms with Crippen LogP contribution in [-0.2, 0) is 0 Å².